The van der Waals surface area contributed by atoms with E-state index in [2.05, 4.69) is 24.1 Å². The van der Waals surface area contributed by atoms with Crippen LogP contribution >= 0.6 is 11.6 Å². The fourth-order valence-corrected chi connectivity index (χ4v) is 1.90. The first-order valence-corrected chi connectivity index (χ1v) is 7.09. The standard InChI is InChI=1S/C16H19ClN2O/c1-12(2)10-18-16-9-14(8-15(17)19-16)20-11-13-6-4-3-5-7-13/h3-9,12H,10-11H2,1-2H3,(H,18,19). The van der Waals surface area contributed by atoms with E-state index < -0.39 is 0 Å². The fourth-order valence-electron chi connectivity index (χ4n) is 1.70. The van der Waals surface area contributed by atoms with Gasteiger partial charge in [-0.15, -0.1) is 0 Å². The largest absolute Gasteiger partial charge is 0.489 e. The SMILES string of the molecule is CC(C)CNc1cc(OCc2ccccc2)cc(Cl)n1. The Labute approximate surface area is 124 Å². The Morgan fingerprint density at radius 1 is 1.20 bits per heavy atom. The molecule has 0 radical (unpaired) electrons. The fraction of sp³-hybridized carbons (Fsp3) is 0.312. The maximum atomic E-state index is 6.02. The zero-order valence-corrected chi connectivity index (χ0v) is 12.5. The van der Waals surface area contributed by atoms with Crippen LogP contribution in [0.15, 0.2) is 42.5 Å². The second kappa shape index (κ2) is 7.15. The van der Waals surface area contributed by atoms with Gasteiger partial charge < -0.3 is 10.1 Å². The van der Waals surface area contributed by atoms with Crippen LogP contribution in [0.3, 0.4) is 0 Å². The molecule has 3 nitrogen and oxygen atoms in total. The molecule has 0 fully saturated rings. The molecule has 0 saturated carbocycles. The highest BCUT2D eigenvalue weighted by Crippen LogP contribution is 2.22. The highest BCUT2D eigenvalue weighted by molar-refractivity contribution is 6.29. The van der Waals surface area contributed by atoms with Crippen LogP contribution in [-0.4, -0.2) is 11.5 Å². The topological polar surface area (TPSA) is 34.1 Å². The zero-order valence-electron chi connectivity index (χ0n) is 11.8. The molecular weight excluding hydrogens is 272 g/mol. The Balaban J connectivity index is 2.00. The number of ether oxygens (including phenoxy) is 1. The molecule has 2 rings (SSSR count). The molecule has 20 heavy (non-hydrogen) atoms. The van der Waals surface area contributed by atoms with Crippen molar-refractivity contribution in [2.24, 2.45) is 5.92 Å². The summed E-state index contributed by atoms with van der Waals surface area (Å²) < 4.78 is 5.76. The first-order chi connectivity index (χ1) is 9.63. The van der Waals surface area contributed by atoms with Gasteiger partial charge in [0.2, 0.25) is 0 Å². The average Bonchev–Trinajstić information content (AvgIpc) is 2.44. The van der Waals surface area contributed by atoms with Crippen molar-refractivity contribution < 1.29 is 4.74 Å². The van der Waals surface area contributed by atoms with E-state index in [-0.39, 0.29) is 0 Å². The van der Waals surface area contributed by atoms with E-state index in [0.717, 1.165) is 23.7 Å². The third-order valence-electron chi connectivity index (χ3n) is 2.71. The number of anilines is 1. The van der Waals surface area contributed by atoms with Crippen molar-refractivity contribution >= 4 is 17.4 Å². The quantitative estimate of drug-likeness (QED) is 0.802. The number of pyridine rings is 1. The Bertz CT molecular complexity index is 543. The lowest BCUT2D eigenvalue weighted by atomic mass is 10.2. The van der Waals surface area contributed by atoms with Crippen molar-refractivity contribution in [2.45, 2.75) is 20.5 Å². The molecule has 1 N–H and O–H groups in total. The monoisotopic (exact) mass is 290 g/mol. The molecule has 0 spiro atoms. The van der Waals surface area contributed by atoms with E-state index in [9.17, 15) is 0 Å². The van der Waals surface area contributed by atoms with Crippen molar-refractivity contribution in [1.29, 1.82) is 0 Å². The van der Waals surface area contributed by atoms with Crippen LogP contribution in [0.2, 0.25) is 5.15 Å². The lowest BCUT2D eigenvalue weighted by molar-refractivity contribution is 0.306. The Morgan fingerprint density at radius 3 is 2.65 bits per heavy atom. The molecule has 106 valence electrons. The number of halogens is 1. The molecular formula is C16H19ClN2O. The van der Waals surface area contributed by atoms with Gasteiger partial charge in [0.15, 0.2) is 0 Å². The number of rotatable bonds is 6. The Hall–Kier alpha value is -1.74. The number of aromatic nitrogens is 1. The molecule has 0 unspecified atom stereocenters. The summed E-state index contributed by atoms with van der Waals surface area (Å²) in [5.41, 5.74) is 1.12. The van der Waals surface area contributed by atoms with E-state index in [1.807, 2.05) is 36.4 Å². The van der Waals surface area contributed by atoms with Crippen LogP contribution in [0.1, 0.15) is 19.4 Å². The van der Waals surface area contributed by atoms with Gasteiger partial charge in [0, 0.05) is 18.7 Å². The van der Waals surface area contributed by atoms with Crippen LogP contribution < -0.4 is 10.1 Å². The third-order valence-corrected chi connectivity index (χ3v) is 2.90. The van der Waals surface area contributed by atoms with Gasteiger partial charge in [0.25, 0.3) is 0 Å². The third kappa shape index (κ3) is 4.74. The Kier molecular flexibility index (Phi) is 5.24. The summed E-state index contributed by atoms with van der Waals surface area (Å²) in [7, 11) is 0. The minimum absolute atomic E-state index is 0.432. The maximum absolute atomic E-state index is 6.02. The summed E-state index contributed by atoms with van der Waals surface area (Å²) in [6.07, 6.45) is 0. The smallest absolute Gasteiger partial charge is 0.135 e. The van der Waals surface area contributed by atoms with Crippen LogP contribution in [0.25, 0.3) is 0 Å². The van der Waals surface area contributed by atoms with Gasteiger partial charge in [-0.25, -0.2) is 4.98 Å². The highest BCUT2D eigenvalue weighted by Gasteiger charge is 2.03. The number of hydrogen-bond acceptors (Lipinski definition) is 3. The average molecular weight is 291 g/mol. The molecule has 2 aromatic rings. The summed E-state index contributed by atoms with van der Waals surface area (Å²) in [4.78, 5) is 4.24. The molecule has 0 aliphatic carbocycles. The van der Waals surface area contributed by atoms with Gasteiger partial charge in [0.05, 0.1) is 0 Å². The van der Waals surface area contributed by atoms with E-state index in [1.54, 1.807) is 6.07 Å². The lowest BCUT2D eigenvalue weighted by Gasteiger charge is -2.11. The number of nitrogens with one attached hydrogen (secondary N) is 1. The summed E-state index contributed by atoms with van der Waals surface area (Å²) in [6, 6.07) is 13.6. The molecule has 0 bridgehead atoms. The normalized spacial score (nSPS) is 10.6. The van der Waals surface area contributed by atoms with E-state index >= 15 is 0 Å². The number of nitrogens with zero attached hydrogens (tertiary/aromatic N) is 1. The van der Waals surface area contributed by atoms with Gasteiger partial charge in [-0.3, -0.25) is 0 Å². The molecule has 1 aromatic heterocycles. The van der Waals surface area contributed by atoms with Gasteiger partial charge >= 0.3 is 0 Å². The molecule has 0 saturated heterocycles. The van der Waals surface area contributed by atoms with E-state index in [1.165, 1.54) is 0 Å². The van der Waals surface area contributed by atoms with Crippen LogP contribution in [0.4, 0.5) is 5.82 Å². The second-order valence-corrected chi connectivity index (χ2v) is 5.45. The molecule has 0 atom stereocenters. The minimum Gasteiger partial charge on any atom is -0.489 e. The Morgan fingerprint density at radius 2 is 1.95 bits per heavy atom. The van der Waals surface area contributed by atoms with Crippen molar-refractivity contribution in [3.8, 4) is 5.75 Å². The first kappa shape index (κ1) is 14.7. The van der Waals surface area contributed by atoms with Crippen molar-refractivity contribution in [3.05, 3.63) is 53.2 Å². The molecule has 1 heterocycles. The van der Waals surface area contributed by atoms with Gasteiger partial charge in [-0.1, -0.05) is 55.8 Å². The molecule has 4 heteroatoms. The predicted molar refractivity (Wildman–Crippen MR) is 83.3 cm³/mol. The zero-order chi connectivity index (χ0) is 14.4. The molecule has 1 aromatic carbocycles. The van der Waals surface area contributed by atoms with Crippen LogP contribution in [0, 0.1) is 5.92 Å². The summed E-state index contributed by atoms with van der Waals surface area (Å²) in [5.74, 6) is 2.01. The summed E-state index contributed by atoms with van der Waals surface area (Å²) in [5, 5.41) is 3.68. The molecule has 0 aliphatic rings. The van der Waals surface area contributed by atoms with Crippen molar-refractivity contribution in [1.82, 2.24) is 4.98 Å². The van der Waals surface area contributed by atoms with Gasteiger partial charge in [0.1, 0.15) is 23.3 Å². The molecule has 0 aliphatic heterocycles. The summed E-state index contributed by atoms with van der Waals surface area (Å²) >= 11 is 6.02. The first-order valence-electron chi connectivity index (χ1n) is 6.71. The maximum Gasteiger partial charge on any atom is 0.135 e. The lowest BCUT2D eigenvalue weighted by Crippen LogP contribution is -2.09. The van der Waals surface area contributed by atoms with Crippen LogP contribution in [0.5, 0.6) is 5.75 Å². The molecule has 0 amide bonds. The van der Waals surface area contributed by atoms with E-state index in [0.29, 0.717) is 17.7 Å². The number of hydrogen-bond donors (Lipinski definition) is 1. The van der Waals surface area contributed by atoms with Crippen molar-refractivity contribution in [2.75, 3.05) is 11.9 Å². The highest BCUT2D eigenvalue weighted by atomic mass is 35.5. The van der Waals surface area contributed by atoms with Gasteiger partial charge in [-0.2, -0.15) is 0 Å². The van der Waals surface area contributed by atoms with Gasteiger partial charge in [-0.05, 0) is 11.5 Å². The summed E-state index contributed by atoms with van der Waals surface area (Å²) in [6.45, 7) is 5.66. The minimum atomic E-state index is 0.432. The van der Waals surface area contributed by atoms with Crippen molar-refractivity contribution in [3.63, 3.8) is 0 Å². The second-order valence-electron chi connectivity index (χ2n) is 5.06. The van der Waals surface area contributed by atoms with E-state index in [4.69, 9.17) is 16.3 Å². The predicted octanol–water partition coefficient (Wildman–Crippen LogP) is 4.38. The number of benzene rings is 1. The van der Waals surface area contributed by atoms with Crippen LogP contribution in [-0.2, 0) is 6.61 Å².